The molecule has 5 atom stereocenters. The highest BCUT2D eigenvalue weighted by molar-refractivity contribution is 5.17. The number of benzene rings is 2. The van der Waals surface area contributed by atoms with E-state index in [0.29, 0.717) is 5.56 Å². The van der Waals surface area contributed by atoms with Gasteiger partial charge in [0.15, 0.2) is 24.7 Å². The quantitative estimate of drug-likeness (QED) is 0.422. The lowest BCUT2D eigenvalue weighted by molar-refractivity contribution is -0.375. The van der Waals surface area contributed by atoms with E-state index in [0.717, 1.165) is 5.56 Å². The first-order valence-corrected chi connectivity index (χ1v) is 9.14. The molecule has 2 aliphatic rings. The van der Waals surface area contributed by atoms with Crippen LogP contribution in [-0.2, 0) is 25.6 Å². The fourth-order valence-corrected chi connectivity index (χ4v) is 3.43. The van der Waals surface area contributed by atoms with E-state index in [-0.39, 0.29) is 13.2 Å². The number of ether oxygens (including phenoxy) is 4. The Kier molecular flexibility index (Phi) is 5.75. The maximum absolute atomic E-state index is 15.3. The molecule has 2 heterocycles. The van der Waals surface area contributed by atoms with Gasteiger partial charge < -0.3 is 18.9 Å². The number of hydrogen-bond acceptors (Lipinski definition) is 5. The highest BCUT2D eigenvalue weighted by Gasteiger charge is 2.61. The molecule has 152 valence electrons. The van der Waals surface area contributed by atoms with Crippen LogP contribution >= 0.6 is 0 Å². The second-order valence-corrected chi connectivity index (χ2v) is 6.80. The molecule has 9 heteroatoms. The van der Waals surface area contributed by atoms with Crippen LogP contribution in [0.5, 0.6) is 0 Å². The van der Waals surface area contributed by atoms with Crippen molar-refractivity contribution in [3.8, 4) is 0 Å². The first-order chi connectivity index (χ1) is 14.1. The average molecular weight is 403 g/mol. The largest absolute Gasteiger partial charge is 0.347 e. The third-order valence-electron chi connectivity index (χ3n) is 4.87. The molecule has 0 aromatic heterocycles. The molecule has 4 rings (SSSR count). The van der Waals surface area contributed by atoms with Crippen molar-refractivity contribution < 1.29 is 27.7 Å². The van der Waals surface area contributed by atoms with Gasteiger partial charge in [-0.3, -0.25) is 0 Å². The minimum Gasteiger partial charge on any atom is -0.347 e. The minimum absolute atomic E-state index is 0.0325. The number of azide groups is 1. The average Bonchev–Trinajstić information content (AvgIpc) is 2.76. The van der Waals surface area contributed by atoms with E-state index in [2.05, 4.69) is 10.0 Å². The van der Waals surface area contributed by atoms with E-state index in [4.69, 9.17) is 24.5 Å². The van der Waals surface area contributed by atoms with Crippen LogP contribution in [0.4, 0.5) is 8.78 Å². The summed E-state index contributed by atoms with van der Waals surface area (Å²) in [6.07, 6.45) is -5.08. The van der Waals surface area contributed by atoms with Gasteiger partial charge in [-0.2, -0.15) is 0 Å². The molecule has 0 amide bonds. The predicted molar refractivity (Wildman–Crippen MR) is 97.8 cm³/mol. The van der Waals surface area contributed by atoms with Crippen molar-refractivity contribution in [2.75, 3.05) is 6.61 Å². The molecule has 2 aromatic carbocycles. The van der Waals surface area contributed by atoms with Gasteiger partial charge >= 0.3 is 0 Å². The van der Waals surface area contributed by atoms with E-state index >= 15 is 8.78 Å². The van der Waals surface area contributed by atoms with E-state index in [1.165, 1.54) is 0 Å². The zero-order valence-electron chi connectivity index (χ0n) is 15.3. The Bertz CT molecular complexity index is 865. The van der Waals surface area contributed by atoms with Crippen LogP contribution in [0.1, 0.15) is 17.4 Å². The third-order valence-corrected chi connectivity index (χ3v) is 4.87. The molecule has 0 radical (unpaired) electrons. The molecule has 2 saturated heterocycles. The summed E-state index contributed by atoms with van der Waals surface area (Å²) in [5, 5.41) is 3.28. The Morgan fingerprint density at radius 3 is 2.45 bits per heavy atom. The van der Waals surface area contributed by atoms with Gasteiger partial charge in [-0.25, -0.2) is 8.78 Å². The fourth-order valence-electron chi connectivity index (χ4n) is 3.43. The van der Waals surface area contributed by atoms with Crippen LogP contribution in [0, 0.1) is 0 Å². The smallest absolute Gasteiger partial charge is 0.289 e. The monoisotopic (exact) mass is 403 g/mol. The number of hydrogen-bond donors (Lipinski definition) is 0. The molecule has 2 aliphatic heterocycles. The molecule has 29 heavy (non-hydrogen) atoms. The van der Waals surface area contributed by atoms with E-state index < -0.39 is 36.8 Å². The molecule has 0 N–H and O–H groups in total. The van der Waals surface area contributed by atoms with Gasteiger partial charge in [-0.05, 0) is 11.1 Å². The van der Waals surface area contributed by atoms with Crippen LogP contribution < -0.4 is 0 Å². The number of halogens is 2. The van der Waals surface area contributed by atoms with Gasteiger partial charge in [0.1, 0.15) is 6.10 Å². The van der Waals surface area contributed by atoms with Crippen molar-refractivity contribution in [1.82, 2.24) is 0 Å². The Labute approximate surface area is 165 Å². The maximum atomic E-state index is 15.3. The number of nitrogens with zero attached hydrogens (tertiary/aromatic N) is 3. The van der Waals surface area contributed by atoms with Gasteiger partial charge in [0.2, 0.25) is 0 Å². The number of alkyl halides is 2. The van der Waals surface area contributed by atoms with Crippen LogP contribution in [0.15, 0.2) is 65.8 Å². The van der Waals surface area contributed by atoms with Crippen molar-refractivity contribution in [3.63, 3.8) is 0 Å². The van der Waals surface area contributed by atoms with Crippen molar-refractivity contribution in [1.29, 1.82) is 0 Å². The molecular formula is C20H19F2N3O4. The van der Waals surface area contributed by atoms with E-state index in [1.807, 2.05) is 18.2 Å². The molecule has 0 saturated carbocycles. The molecule has 0 bridgehead atoms. The summed E-state index contributed by atoms with van der Waals surface area (Å²) >= 11 is 0. The zero-order chi connectivity index (χ0) is 20.3. The van der Waals surface area contributed by atoms with Crippen LogP contribution in [-0.4, -0.2) is 37.1 Å². The van der Waals surface area contributed by atoms with Gasteiger partial charge in [0, 0.05) is 10.5 Å². The molecule has 0 spiro atoms. The second-order valence-electron chi connectivity index (χ2n) is 6.80. The highest BCUT2D eigenvalue weighted by Crippen LogP contribution is 2.43. The van der Waals surface area contributed by atoms with Crippen molar-refractivity contribution in [2.45, 2.75) is 43.4 Å². The Balaban J connectivity index is 1.53. The number of rotatable bonds is 5. The third kappa shape index (κ3) is 4.10. The normalized spacial score (nSPS) is 30.8. The molecule has 2 fully saturated rings. The molecule has 0 aliphatic carbocycles. The van der Waals surface area contributed by atoms with Crippen LogP contribution in [0.25, 0.3) is 10.4 Å². The zero-order valence-corrected chi connectivity index (χ0v) is 15.3. The Morgan fingerprint density at radius 2 is 1.76 bits per heavy atom. The van der Waals surface area contributed by atoms with Crippen LogP contribution in [0.2, 0.25) is 0 Å². The molecular weight excluding hydrogens is 384 g/mol. The van der Waals surface area contributed by atoms with Crippen LogP contribution in [0.3, 0.4) is 0 Å². The topological polar surface area (TPSA) is 85.7 Å². The van der Waals surface area contributed by atoms with E-state index in [1.54, 1.807) is 42.5 Å². The first-order valence-electron chi connectivity index (χ1n) is 9.14. The minimum atomic E-state index is -3.51. The summed E-state index contributed by atoms with van der Waals surface area (Å²) in [5.41, 5.74) is 10.2. The predicted octanol–water partition coefficient (Wildman–Crippen LogP) is 4.36. The van der Waals surface area contributed by atoms with E-state index in [9.17, 15) is 0 Å². The summed E-state index contributed by atoms with van der Waals surface area (Å²) in [6.45, 7) is -0.0707. The fraction of sp³-hybridized carbons (Fsp3) is 0.400. The maximum Gasteiger partial charge on any atom is 0.289 e. The van der Waals surface area contributed by atoms with Gasteiger partial charge in [0.05, 0.1) is 13.2 Å². The van der Waals surface area contributed by atoms with Gasteiger partial charge in [0.25, 0.3) is 5.92 Å². The molecule has 3 unspecified atom stereocenters. The summed E-state index contributed by atoms with van der Waals surface area (Å²) in [4.78, 5) is 2.57. The summed E-state index contributed by atoms with van der Waals surface area (Å²) < 4.78 is 52.9. The summed E-state index contributed by atoms with van der Waals surface area (Å²) in [7, 11) is 0. The van der Waals surface area contributed by atoms with Crippen molar-refractivity contribution in [2.24, 2.45) is 5.11 Å². The lowest BCUT2D eigenvalue weighted by atomic mass is 9.95. The summed E-state index contributed by atoms with van der Waals surface area (Å²) in [5.74, 6) is -3.51. The Hall–Kier alpha value is -2.55. The number of fused-ring (bicyclic) bond motifs is 1. The molecule has 7 nitrogen and oxygen atoms in total. The van der Waals surface area contributed by atoms with Gasteiger partial charge in [-0.1, -0.05) is 65.8 Å². The highest BCUT2D eigenvalue weighted by atomic mass is 19.3. The molecule has 2 aromatic rings. The Morgan fingerprint density at radius 1 is 1.07 bits per heavy atom. The SMILES string of the molecule is [N-]=[N+]=NC1C(OCc2ccccc2)O[C@@H]2COC(c3ccccc3)O[C@H]2C1(F)F. The van der Waals surface area contributed by atoms with Gasteiger partial charge in [-0.15, -0.1) is 0 Å². The lowest BCUT2D eigenvalue weighted by Gasteiger charge is -2.48. The standard InChI is InChI=1S/C20H19F2N3O4/c21-20(22)16(24-25-23)19(26-11-13-7-3-1-4-8-13)28-15-12-27-18(29-17(15)20)14-9-5-2-6-10-14/h1-10,15-19H,11-12H2/t15-,16?,17-,18?,19?/m1/s1. The second kappa shape index (κ2) is 8.44. The van der Waals surface area contributed by atoms with Crippen molar-refractivity contribution >= 4 is 0 Å². The first kappa shape index (κ1) is 19.8. The summed E-state index contributed by atoms with van der Waals surface area (Å²) in [6, 6.07) is 16.0. The van der Waals surface area contributed by atoms with Crippen molar-refractivity contribution in [3.05, 3.63) is 82.2 Å². The lowest BCUT2D eigenvalue weighted by Crippen LogP contribution is -2.65.